The van der Waals surface area contributed by atoms with Crippen LogP contribution in [0.2, 0.25) is 0 Å². The maximum Gasteiger partial charge on any atom is 0.221 e. The summed E-state index contributed by atoms with van der Waals surface area (Å²) in [6, 6.07) is 10.2. The Bertz CT molecular complexity index is 626. The van der Waals surface area contributed by atoms with Gasteiger partial charge in [-0.2, -0.15) is 0 Å². The van der Waals surface area contributed by atoms with Crippen molar-refractivity contribution in [3.63, 3.8) is 0 Å². The van der Waals surface area contributed by atoms with Crippen molar-refractivity contribution >= 4 is 34.5 Å². The summed E-state index contributed by atoms with van der Waals surface area (Å²) in [5, 5.41) is 5.27. The van der Waals surface area contributed by atoms with Crippen LogP contribution in [0.4, 0.5) is 5.69 Å². The summed E-state index contributed by atoms with van der Waals surface area (Å²) in [4.78, 5) is 11.0. The Morgan fingerprint density at radius 1 is 1.12 bits per heavy atom. The van der Waals surface area contributed by atoms with Gasteiger partial charge in [0.05, 0.1) is 0 Å². The molecule has 0 heterocycles. The normalized spacial score (nSPS) is 12.1. The summed E-state index contributed by atoms with van der Waals surface area (Å²) in [5.74, 6) is -0.0373. The van der Waals surface area contributed by atoms with Gasteiger partial charge in [0.15, 0.2) is 0 Å². The summed E-state index contributed by atoms with van der Waals surface area (Å²) >= 11 is 0. The van der Waals surface area contributed by atoms with Gasteiger partial charge in [-0.25, -0.2) is 0 Å². The third kappa shape index (κ3) is 1.31. The molecule has 1 N–H and O–H groups in total. The van der Waals surface area contributed by atoms with Crippen molar-refractivity contribution in [3.05, 3.63) is 41.5 Å². The molecule has 16 heavy (non-hydrogen) atoms. The minimum atomic E-state index is -0.0373. The number of carbonyl (C=O) groups is 1. The van der Waals surface area contributed by atoms with Crippen LogP contribution in [0.25, 0.3) is 22.9 Å². The number of anilines is 1. The van der Waals surface area contributed by atoms with E-state index in [1.54, 1.807) is 0 Å². The fraction of sp³-hybridized carbons (Fsp3) is 0.0714. The minimum Gasteiger partial charge on any atom is -0.326 e. The first-order valence-electron chi connectivity index (χ1n) is 5.26. The van der Waals surface area contributed by atoms with Crippen LogP contribution in [0.5, 0.6) is 0 Å². The largest absolute Gasteiger partial charge is 0.326 e. The molecule has 2 nitrogen and oxygen atoms in total. The molecule has 2 aromatic rings. The number of carbonyl (C=O) groups excluding carboxylic acids is 1. The molecular formula is C14H11NO. The van der Waals surface area contributed by atoms with E-state index in [0.29, 0.717) is 0 Å². The fourth-order valence-corrected chi connectivity index (χ4v) is 2.22. The molecule has 2 heteroatoms. The Balaban J connectivity index is 2.25. The summed E-state index contributed by atoms with van der Waals surface area (Å²) in [5.41, 5.74) is 3.29. The molecule has 1 amide bonds. The molecule has 0 atom stereocenters. The van der Waals surface area contributed by atoms with E-state index in [0.717, 1.165) is 5.69 Å². The van der Waals surface area contributed by atoms with Gasteiger partial charge in [-0.1, -0.05) is 30.4 Å². The first-order valence-corrected chi connectivity index (χ1v) is 5.26. The van der Waals surface area contributed by atoms with Crippen molar-refractivity contribution in [1.29, 1.82) is 0 Å². The SMILES string of the molecule is CC(=O)Nc1cc2c3c(cccc3c1)C=C2. The monoisotopic (exact) mass is 209 g/mol. The van der Waals surface area contributed by atoms with Crippen molar-refractivity contribution in [2.75, 3.05) is 5.32 Å². The van der Waals surface area contributed by atoms with Crippen molar-refractivity contribution in [1.82, 2.24) is 0 Å². The maximum atomic E-state index is 11.0. The highest BCUT2D eigenvalue weighted by molar-refractivity contribution is 6.07. The summed E-state index contributed by atoms with van der Waals surface area (Å²) < 4.78 is 0. The molecule has 0 radical (unpaired) electrons. The lowest BCUT2D eigenvalue weighted by molar-refractivity contribution is -0.114. The third-order valence-corrected chi connectivity index (χ3v) is 2.80. The van der Waals surface area contributed by atoms with Crippen LogP contribution in [0, 0.1) is 0 Å². The molecule has 0 fully saturated rings. The van der Waals surface area contributed by atoms with E-state index >= 15 is 0 Å². The van der Waals surface area contributed by atoms with E-state index in [4.69, 9.17) is 0 Å². The molecule has 0 aromatic heterocycles. The Hall–Kier alpha value is -2.09. The number of nitrogens with one attached hydrogen (secondary N) is 1. The first-order chi connectivity index (χ1) is 7.74. The molecule has 1 aliphatic rings. The molecule has 0 saturated carbocycles. The van der Waals surface area contributed by atoms with E-state index in [2.05, 4.69) is 29.6 Å². The van der Waals surface area contributed by atoms with Gasteiger partial charge < -0.3 is 5.32 Å². The number of hydrogen-bond donors (Lipinski definition) is 1. The van der Waals surface area contributed by atoms with E-state index in [9.17, 15) is 4.79 Å². The van der Waals surface area contributed by atoms with Crippen molar-refractivity contribution in [2.24, 2.45) is 0 Å². The second-order valence-corrected chi connectivity index (χ2v) is 4.03. The zero-order valence-corrected chi connectivity index (χ0v) is 8.95. The topological polar surface area (TPSA) is 29.1 Å². The summed E-state index contributed by atoms with van der Waals surface area (Å²) in [6.07, 6.45) is 4.19. The average molecular weight is 209 g/mol. The van der Waals surface area contributed by atoms with Gasteiger partial charge in [0, 0.05) is 12.6 Å². The van der Waals surface area contributed by atoms with Crippen LogP contribution in [-0.2, 0) is 4.79 Å². The average Bonchev–Trinajstić information content (AvgIpc) is 2.62. The third-order valence-electron chi connectivity index (χ3n) is 2.80. The van der Waals surface area contributed by atoms with Crippen LogP contribution in [0.15, 0.2) is 30.3 Å². The second-order valence-electron chi connectivity index (χ2n) is 4.03. The van der Waals surface area contributed by atoms with Gasteiger partial charge in [-0.15, -0.1) is 0 Å². The van der Waals surface area contributed by atoms with Crippen LogP contribution < -0.4 is 5.32 Å². The Kier molecular flexibility index (Phi) is 1.83. The molecule has 0 spiro atoms. The van der Waals surface area contributed by atoms with Gasteiger partial charge in [-0.05, 0) is 34.0 Å². The zero-order valence-electron chi connectivity index (χ0n) is 8.95. The molecule has 78 valence electrons. The zero-order chi connectivity index (χ0) is 11.1. The van der Waals surface area contributed by atoms with Crippen LogP contribution in [0.1, 0.15) is 18.1 Å². The van der Waals surface area contributed by atoms with Gasteiger partial charge in [0.2, 0.25) is 5.91 Å². The number of rotatable bonds is 1. The molecule has 2 aromatic carbocycles. The Morgan fingerprint density at radius 2 is 1.94 bits per heavy atom. The van der Waals surface area contributed by atoms with Crippen molar-refractivity contribution < 1.29 is 4.79 Å². The second kappa shape index (κ2) is 3.20. The van der Waals surface area contributed by atoms with E-state index in [1.165, 1.54) is 28.8 Å². The van der Waals surface area contributed by atoms with E-state index < -0.39 is 0 Å². The Morgan fingerprint density at radius 3 is 2.75 bits per heavy atom. The number of benzene rings is 2. The smallest absolute Gasteiger partial charge is 0.221 e. The number of hydrogen-bond acceptors (Lipinski definition) is 1. The number of amides is 1. The molecule has 3 rings (SSSR count). The lowest BCUT2D eigenvalue weighted by Gasteiger charge is -2.07. The molecule has 0 aliphatic heterocycles. The van der Waals surface area contributed by atoms with Crippen LogP contribution in [0.3, 0.4) is 0 Å². The van der Waals surface area contributed by atoms with Crippen LogP contribution >= 0.6 is 0 Å². The van der Waals surface area contributed by atoms with Gasteiger partial charge in [-0.3, -0.25) is 4.79 Å². The van der Waals surface area contributed by atoms with Crippen LogP contribution in [-0.4, -0.2) is 5.91 Å². The standard InChI is InChI=1S/C14H11NO/c1-9(16)15-13-7-11-4-2-3-10-5-6-12(8-13)14(10)11/h2-8H,1H3,(H,15,16). The maximum absolute atomic E-state index is 11.0. The quantitative estimate of drug-likeness (QED) is 0.654. The highest BCUT2D eigenvalue weighted by Gasteiger charge is 2.10. The molecule has 0 bridgehead atoms. The lowest BCUT2D eigenvalue weighted by Crippen LogP contribution is -2.05. The predicted molar refractivity (Wildman–Crippen MR) is 67.2 cm³/mol. The first kappa shape index (κ1) is 9.16. The fourth-order valence-electron chi connectivity index (χ4n) is 2.22. The molecule has 1 aliphatic carbocycles. The minimum absolute atomic E-state index is 0.0373. The molecule has 0 saturated heterocycles. The summed E-state index contributed by atoms with van der Waals surface area (Å²) in [7, 11) is 0. The predicted octanol–water partition coefficient (Wildman–Crippen LogP) is 3.28. The van der Waals surface area contributed by atoms with E-state index in [-0.39, 0.29) is 5.91 Å². The molecule has 0 unspecified atom stereocenters. The van der Waals surface area contributed by atoms with E-state index in [1.807, 2.05) is 18.2 Å². The molecular weight excluding hydrogens is 198 g/mol. The Labute approximate surface area is 93.6 Å². The van der Waals surface area contributed by atoms with Gasteiger partial charge >= 0.3 is 0 Å². The highest BCUT2D eigenvalue weighted by atomic mass is 16.1. The highest BCUT2D eigenvalue weighted by Crippen LogP contribution is 2.33. The lowest BCUT2D eigenvalue weighted by atomic mass is 10.0. The van der Waals surface area contributed by atoms with Gasteiger partial charge in [0.25, 0.3) is 0 Å². The van der Waals surface area contributed by atoms with Crippen molar-refractivity contribution in [3.8, 4) is 0 Å². The van der Waals surface area contributed by atoms with Gasteiger partial charge in [0.1, 0.15) is 0 Å². The summed E-state index contributed by atoms with van der Waals surface area (Å²) in [6.45, 7) is 1.52. The van der Waals surface area contributed by atoms with Crippen molar-refractivity contribution in [2.45, 2.75) is 6.92 Å².